The lowest BCUT2D eigenvalue weighted by molar-refractivity contribution is 0.0959. The summed E-state index contributed by atoms with van der Waals surface area (Å²) in [5.41, 5.74) is 1.37. The average Bonchev–Trinajstić information content (AvgIpc) is 2.95. The zero-order valence-corrected chi connectivity index (χ0v) is 13.4. The van der Waals surface area contributed by atoms with Gasteiger partial charge in [-0.2, -0.15) is 0 Å². The van der Waals surface area contributed by atoms with E-state index >= 15 is 0 Å². The van der Waals surface area contributed by atoms with Crippen molar-refractivity contribution in [1.29, 1.82) is 0 Å². The fraction of sp³-hybridized carbons (Fsp3) is 0.438. The molecule has 0 saturated carbocycles. The van der Waals surface area contributed by atoms with Gasteiger partial charge in [0.1, 0.15) is 5.82 Å². The summed E-state index contributed by atoms with van der Waals surface area (Å²) in [5, 5.41) is 6.07. The fourth-order valence-electron chi connectivity index (χ4n) is 2.66. The van der Waals surface area contributed by atoms with Gasteiger partial charge >= 0.3 is 0 Å². The van der Waals surface area contributed by atoms with Crippen LogP contribution in [0.5, 0.6) is 0 Å². The van der Waals surface area contributed by atoms with Crippen LogP contribution in [0.15, 0.2) is 24.7 Å². The Labute approximate surface area is 134 Å². The highest BCUT2D eigenvalue weighted by atomic mass is 32.1. The zero-order valence-electron chi connectivity index (χ0n) is 12.6. The lowest BCUT2D eigenvalue weighted by atomic mass is 9.90. The maximum Gasteiger partial charge on any atom is 0.261 e. The minimum Gasteiger partial charge on any atom is -0.367 e. The number of amides is 1. The maximum absolute atomic E-state index is 12.2. The molecule has 116 valence electrons. The van der Waals surface area contributed by atoms with Gasteiger partial charge < -0.3 is 10.6 Å². The molecule has 2 N–H and O–H groups in total. The molecule has 0 saturated heterocycles. The largest absolute Gasteiger partial charge is 0.367 e. The smallest absolute Gasteiger partial charge is 0.261 e. The Hall–Kier alpha value is -1.95. The Morgan fingerprint density at radius 2 is 2.32 bits per heavy atom. The van der Waals surface area contributed by atoms with Gasteiger partial charge in [-0.1, -0.05) is 6.92 Å². The number of anilines is 1. The van der Waals surface area contributed by atoms with Gasteiger partial charge in [-0.05, 0) is 36.8 Å². The molecule has 2 heterocycles. The molecule has 2 aromatic heterocycles. The number of hydrogen-bond acceptors (Lipinski definition) is 5. The minimum absolute atomic E-state index is 0.0213. The number of aromatic nitrogens is 2. The maximum atomic E-state index is 12.2. The molecule has 0 aliphatic heterocycles. The number of fused-ring (bicyclic) bond motifs is 1. The van der Waals surface area contributed by atoms with Gasteiger partial charge in [0.05, 0.1) is 11.1 Å². The molecule has 0 fully saturated rings. The summed E-state index contributed by atoms with van der Waals surface area (Å²) in [7, 11) is 0. The number of carbonyl (C=O) groups excluding carboxylic acids is 1. The van der Waals surface area contributed by atoms with E-state index in [-0.39, 0.29) is 5.91 Å². The van der Waals surface area contributed by atoms with Crippen molar-refractivity contribution in [2.75, 3.05) is 18.4 Å². The third kappa shape index (κ3) is 3.62. The molecule has 5 nitrogen and oxygen atoms in total. The van der Waals surface area contributed by atoms with E-state index in [0.717, 1.165) is 29.5 Å². The lowest BCUT2D eigenvalue weighted by Crippen LogP contribution is -2.28. The van der Waals surface area contributed by atoms with E-state index in [2.05, 4.69) is 33.6 Å². The predicted octanol–water partition coefficient (Wildman–Crippen LogP) is 2.50. The molecule has 1 atom stereocenters. The summed E-state index contributed by atoms with van der Waals surface area (Å²) < 4.78 is 0. The van der Waals surface area contributed by atoms with Gasteiger partial charge in [0.25, 0.3) is 5.91 Å². The van der Waals surface area contributed by atoms with Crippen LogP contribution in [0.3, 0.4) is 0 Å². The average molecular weight is 316 g/mol. The van der Waals surface area contributed by atoms with Crippen molar-refractivity contribution < 1.29 is 4.79 Å². The van der Waals surface area contributed by atoms with Crippen LogP contribution in [0, 0.1) is 5.92 Å². The summed E-state index contributed by atoms with van der Waals surface area (Å²) in [6, 6.07) is 2.07. The summed E-state index contributed by atoms with van der Waals surface area (Å²) in [5.74, 6) is 1.47. The van der Waals surface area contributed by atoms with Gasteiger partial charge in [0.15, 0.2) is 0 Å². The normalized spacial score (nSPS) is 16.9. The van der Waals surface area contributed by atoms with Gasteiger partial charge in [0, 0.05) is 30.4 Å². The Morgan fingerprint density at radius 1 is 1.41 bits per heavy atom. The van der Waals surface area contributed by atoms with Gasteiger partial charge in [0.2, 0.25) is 0 Å². The van der Waals surface area contributed by atoms with Crippen LogP contribution in [0.1, 0.15) is 33.5 Å². The van der Waals surface area contributed by atoms with Crippen LogP contribution < -0.4 is 10.6 Å². The molecule has 1 aliphatic rings. The molecule has 0 bridgehead atoms. The Kier molecular flexibility index (Phi) is 4.68. The number of nitrogens with zero attached hydrogens (tertiary/aromatic N) is 2. The molecule has 3 rings (SSSR count). The van der Waals surface area contributed by atoms with Crippen molar-refractivity contribution >= 4 is 23.1 Å². The van der Waals surface area contributed by atoms with E-state index in [4.69, 9.17) is 0 Å². The first-order valence-corrected chi connectivity index (χ1v) is 8.43. The molecule has 1 amide bonds. The highest BCUT2D eigenvalue weighted by Gasteiger charge is 2.20. The third-order valence-electron chi connectivity index (χ3n) is 3.83. The SMILES string of the molecule is C[C@H]1CCc2sc(C(=O)NCCNc3cnccn3)cc2C1. The quantitative estimate of drug-likeness (QED) is 0.832. The molecule has 0 spiro atoms. The monoisotopic (exact) mass is 316 g/mol. The van der Waals surface area contributed by atoms with Gasteiger partial charge in [-0.15, -0.1) is 11.3 Å². The Morgan fingerprint density at radius 3 is 3.14 bits per heavy atom. The second-order valence-electron chi connectivity index (χ2n) is 5.68. The molecular formula is C16H20N4OS. The van der Waals surface area contributed by atoms with E-state index in [0.29, 0.717) is 13.1 Å². The van der Waals surface area contributed by atoms with Crippen molar-refractivity contribution in [2.45, 2.75) is 26.2 Å². The third-order valence-corrected chi connectivity index (χ3v) is 5.07. The minimum atomic E-state index is 0.0213. The molecule has 1 aliphatic carbocycles. The highest BCUT2D eigenvalue weighted by Crippen LogP contribution is 2.32. The topological polar surface area (TPSA) is 66.9 Å². The van der Waals surface area contributed by atoms with Gasteiger partial charge in [-0.3, -0.25) is 9.78 Å². The predicted molar refractivity (Wildman–Crippen MR) is 88.4 cm³/mol. The number of hydrogen-bond donors (Lipinski definition) is 2. The number of thiophene rings is 1. The van der Waals surface area contributed by atoms with Crippen molar-refractivity contribution in [2.24, 2.45) is 5.92 Å². The molecule has 0 unspecified atom stereocenters. The summed E-state index contributed by atoms with van der Waals surface area (Å²) in [6.07, 6.45) is 8.38. The first-order valence-electron chi connectivity index (χ1n) is 7.62. The van der Waals surface area contributed by atoms with Crippen LogP contribution in [0.4, 0.5) is 5.82 Å². The van der Waals surface area contributed by atoms with Crippen LogP contribution in [-0.2, 0) is 12.8 Å². The number of nitrogens with one attached hydrogen (secondary N) is 2. The summed E-state index contributed by atoms with van der Waals surface area (Å²) in [6.45, 7) is 3.47. The molecule has 2 aromatic rings. The number of aryl methyl sites for hydroxylation is 1. The van der Waals surface area contributed by atoms with Crippen LogP contribution in [-0.4, -0.2) is 29.0 Å². The zero-order chi connectivity index (χ0) is 15.4. The highest BCUT2D eigenvalue weighted by molar-refractivity contribution is 7.14. The fourth-order valence-corrected chi connectivity index (χ4v) is 3.79. The first kappa shape index (κ1) is 15.0. The molecule has 22 heavy (non-hydrogen) atoms. The molecule has 0 radical (unpaired) electrons. The van der Waals surface area contributed by atoms with Crippen molar-refractivity contribution in [3.8, 4) is 0 Å². The number of rotatable bonds is 5. The second kappa shape index (κ2) is 6.87. The Balaban J connectivity index is 1.48. The van der Waals surface area contributed by atoms with Crippen LogP contribution in [0.25, 0.3) is 0 Å². The lowest BCUT2D eigenvalue weighted by Gasteiger charge is -2.16. The molecule has 6 heteroatoms. The van der Waals surface area contributed by atoms with E-state index < -0.39 is 0 Å². The number of carbonyl (C=O) groups is 1. The van der Waals surface area contributed by atoms with Gasteiger partial charge in [-0.25, -0.2) is 4.98 Å². The van der Waals surface area contributed by atoms with Crippen molar-refractivity contribution in [3.05, 3.63) is 40.0 Å². The van der Waals surface area contributed by atoms with E-state index in [1.54, 1.807) is 29.9 Å². The van der Waals surface area contributed by atoms with Crippen molar-refractivity contribution in [3.63, 3.8) is 0 Å². The van der Waals surface area contributed by atoms with E-state index in [9.17, 15) is 4.79 Å². The molecular weight excluding hydrogens is 296 g/mol. The Bertz CT molecular complexity index is 641. The van der Waals surface area contributed by atoms with Crippen LogP contribution >= 0.6 is 11.3 Å². The van der Waals surface area contributed by atoms with E-state index in [1.807, 2.05) is 0 Å². The van der Waals surface area contributed by atoms with Crippen molar-refractivity contribution in [1.82, 2.24) is 15.3 Å². The first-order chi connectivity index (χ1) is 10.7. The standard InChI is InChI=1S/C16H20N4OS/c1-11-2-3-13-12(8-11)9-14(22-13)16(21)20-7-6-19-15-10-17-4-5-18-15/h4-5,9-11H,2-3,6-8H2,1H3,(H,18,19)(H,20,21)/t11-/m0/s1. The second-order valence-corrected chi connectivity index (χ2v) is 6.82. The molecule has 0 aromatic carbocycles. The van der Waals surface area contributed by atoms with Crippen LogP contribution in [0.2, 0.25) is 0 Å². The summed E-state index contributed by atoms with van der Waals surface area (Å²) in [4.78, 5) is 22.5. The summed E-state index contributed by atoms with van der Waals surface area (Å²) >= 11 is 1.65. The van der Waals surface area contributed by atoms with E-state index in [1.165, 1.54) is 16.9 Å².